The summed E-state index contributed by atoms with van der Waals surface area (Å²) in [7, 11) is 0. The molecule has 0 saturated heterocycles. The van der Waals surface area contributed by atoms with Crippen LogP contribution in [0.3, 0.4) is 0 Å². The van der Waals surface area contributed by atoms with E-state index in [4.69, 9.17) is 0 Å². The van der Waals surface area contributed by atoms with Crippen LogP contribution in [0.4, 0.5) is 17.1 Å². The molecule has 0 spiro atoms. The second-order valence-electron chi connectivity index (χ2n) is 16.4. The summed E-state index contributed by atoms with van der Waals surface area (Å²) < 4.78 is 2.40. The van der Waals surface area contributed by atoms with Gasteiger partial charge in [-0.05, 0) is 136 Å². The predicted octanol–water partition coefficient (Wildman–Crippen LogP) is 16.8. The van der Waals surface area contributed by atoms with Crippen LogP contribution in [0.25, 0.3) is 103 Å². The fourth-order valence-corrected chi connectivity index (χ4v) is 10.3. The number of benzene rings is 12. The van der Waals surface area contributed by atoms with Crippen LogP contribution in [0.15, 0.2) is 231 Å². The van der Waals surface area contributed by atoms with Crippen LogP contribution in [-0.4, -0.2) is 4.57 Å². The SMILES string of the molecule is c1ccc(-n2c3ccccc3c3ccc(-c4cccc(N(c5ccc6c7ccccc7c7ccccc7c6c5)c5ccc6c7ccccc7c7ccccc7c6c5)c4)cc32)cc1. The lowest BCUT2D eigenvalue weighted by molar-refractivity contribution is 1.18. The van der Waals surface area contributed by atoms with Crippen molar-refractivity contribution in [2.45, 2.75) is 0 Å². The molecule has 0 atom stereocenters. The highest BCUT2D eigenvalue weighted by atomic mass is 15.1. The number of aromatic nitrogens is 1. The van der Waals surface area contributed by atoms with E-state index in [0.29, 0.717) is 0 Å². The molecule has 12 aromatic carbocycles. The number of hydrogen-bond acceptors (Lipinski definition) is 1. The van der Waals surface area contributed by atoms with Crippen molar-refractivity contribution in [1.82, 2.24) is 4.57 Å². The molecule has 0 aliphatic carbocycles. The molecule has 1 aromatic heterocycles. The number of para-hydroxylation sites is 2. The molecular formula is C60H38N2. The first kappa shape index (κ1) is 34.6. The number of nitrogens with zero attached hydrogens (tertiary/aromatic N) is 2. The van der Waals surface area contributed by atoms with Crippen molar-refractivity contribution in [2.75, 3.05) is 4.90 Å². The lowest BCUT2D eigenvalue weighted by Crippen LogP contribution is -2.10. The summed E-state index contributed by atoms with van der Waals surface area (Å²) >= 11 is 0. The molecule has 288 valence electrons. The molecule has 0 saturated carbocycles. The first-order valence-corrected chi connectivity index (χ1v) is 21.4. The molecule has 0 aliphatic heterocycles. The Bertz CT molecular complexity index is 3700. The Morgan fingerprint density at radius 1 is 0.226 bits per heavy atom. The summed E-state index contributed by atoms with van der Waals surface area (Å²) in [6, 6.07) is 84.9. The fourth-order valence-electron chi connectivity index (χ4n) is 10.3. The summed E-state index contributed by atoms with van der Waals surface area (Å²) in [6.07, 6.45) is 0. The minimum Gasteiger partial charge on any atom is -0.310 e. The highest BCUT2D eigenvalue weighted by Crippen LogP contribution is 2.44. The molecular weight excluding hydrogens is 749 g/mol. The molecule has 0 amide bonds. The Morgan fingerprint density at radius 2 is 0.613 bits per heavy atom. The van der Waals surface area contributed by atoms with Gasteiger partial charge in [0.25, 0.3) is 0 Å². The zero-order valence-corrected chi connectivity index (χ0v) is 33.8. The van der Waals surface area contributed by atoms with E-state index < -0.39 is 0 Å². The molecule has 0 unspecified atom stereocenters. The summed E-state index contributed by atoms with van der Waals surface area (Å²) in [5, 5.41) is 17.7. The Kier molecular flexibility index (Phi) is 7.64. The smallest absolute Gasteiger partial charge is 0.0547 e. The maximum atomic E-state index is 2.45. The third kappa shape index (κ3) is 5.23. The molecule has 0 radical (unpaired) electrons. The summed E-state index contributed by atoms with van der Waals surface area (Å²) in [5.74, 6) is 0. The van der Waals surface area contributed by atoms with E-state index >= 15 is 0 Å². The minimum absolute atomic E-state index is 1.10. The van der Waals surface area contributed by atoms with Crippen molar-refractivity contribution in [3.63, 3.8) is 0 Å². The lowest BCUT2D eigenvalue weighted by atomic mass is 9.93. The average molecular weight is 787 g/mol. The van der Waals surface area contributed by atoms with Crippen molar-refractivity contribution >= 4 is 104 Å². The van der Waals surface area contributed by atoms with Crippen LogP contribution in [0, 0.1) is 0 Å². The van der Waals surface area contributed by atoms with Crippen molar-refractivity contribution in [1.29, 1.82) is 0 Å². The Morgan fingerprint density at radius 3 is 1.15 bits per heavy atom. The quantitative estimate of drug-likeness (QED) is 0.158. The minimum atomic E-state index is 1.10. The highest BCUT2D eigenvalue weighted by molar-refractivity contribution is 6.27. The van der Waals surface area contributed by atoms with Gasteiger partial charge in [0.1, 0.15) is 0 Å². The number of hydrogen-bond donors (Lipinski definition) is 0. The van der Waals surface area contributed by atoms with Gasteiger partial charge in [-0.25, -0.2) is 0 Å². The van der Waals surface area contributed by atoms with Crippen LogP contribution in [0.5, 0.6) is 0 Å². The Labute approximate surface area is 358 Å². The van der Waals surface area contributed by atoms with E-state index in [2.05, 4.69) is 240 Å². The molecule has 0 N–H and O–H groups in total. The highest BCUT2D eigenvalue weighted by Gasteiger charge is 2.19. The third-order valence-corrected chi connectivity index (χ3v) is 13.1. The van der Waals surface area contributed by atoms with E-state index in [1.807, 2.05) is 0 Å². The van der Waals surface area contributed by atoms with Gasteiger partial charge in [0.05, 0.1) is 11.0 Å². The zero-order valence-electron chi connectivity index (χ0n) is 33.8. The van der Waals surface area contributed by atoms with Gasteiger partial charge in [0.15, 0.2) is 0 Å². The normalized spacial score (nSPS) is 11.9. The largest absolute Gasteiger partial charge is 0.310 e. The van der Waals surface area contributed by atoms with E-state index in [0.717, 1.165) is 28.3 Å². The standard InChI is InChI=1S/C60H38N2/c1-2-16-41(17-3-1)62-59-28-13-12-27-55(59)56-32-29-40(36-60(56)62)39-15-14-18-42(35-39)61(43-30-33-53-49-23-6-4-19-45(49)47-21-8-10-25-51(47)57(53)37-43)44-31-34-54-50-24-7-5-20-46(50)48-22-9-11-26-52(48)58(54)38-44/h1-38H. The average Bonchev–Trinajstić information content (AvgIpc) is 3.68. The zero-order chi connectivity index (χ0) is 40.7. The molecule has 2 nitrogen and oxygen atoms in total. The van der Waals surface area contributed by atoms with Crippen LogP contribution < -0.4 is 4.90 Å². The second kappa shape index (κ2) is 13.7. The Balaban J connectivity index is 1.06. The molecule has 2 heteroatoms. The molecule has 0 bridgehead atoms. The van der Waals surface area contributed by atoms with Crippen molar-refractivity contribution in [2.24, 2.45) is 0 Å². The summed E-state index contributed by atoms with van der Waals surface area (Å²) in [5.41, 5.74) is 9.21. The Hall–Kier alpha value is -8.20. The molecule has 0 fully saturated rings. The van der Waals surface area contributed by atoms with Gasteiger partial charge in [0.2, 0.25) is 0 Å². The van der Waals surface area contributed by atoms with E-state index in [1.54, 1.807) is 0 Å². The first-order chi connectivity index (χ1) is 30.8. The molecule has 62 heavy (non-hydrogen) atoms. The van der Waals surface area contributed by atoms with E-state index in [-0.39, 0.29) is 0 Å². The van der Waals surface area contributed by atoms with Gasteiger partial charge in [-0.1, -0.05) is 170 Å². The number of fused-ring (bicyclic) bond motifs is 15. The van der Waals surface area contributed by atoms with Gasteiger partial charge in [-0.3, -0.25) is 0 Å². The summed E-state index contributed by atoms with van der Waals surface area (Å²) in [6.45, 7) is 0. The van der Waals surface area contributed by atoms with E-state index in [1.165, 1.54) is 92.0 Å². The van der Waals surface area contributed by atoms with Gasteiger partial charge in [-0.2, -0.15) is 0 Å². The maximum Gasteiger partial charge on any atom is 0.0547 e. The molecule has 13 aromatic rings. The summed E-state index contributed by atoms with van der Waals surface area (Å²) in [4.78, 5) is 2.45. The third-order valence-electron chi connectivity index (χ3n) is 13.1. The molecule has 13 rings (SSSR count). The van der Waals surface area contributed by atoms with Crippen molar-refractivity contribution < 1.29 is 0 Å². The number of anilines is 3. The monoisotopic (exact) mass is 786 g/mol. The van der Waals surface area contributed by atoms with Crippen LogP contribution >= 0.6 is 0 Å². The van der Waals surface area contributed by atoms with Crippen LogP contribution in [0.2, 0.25) is 0 Å². The van der Waals surface area contributed by atoms with E-state index in [9.17, 15) is 0 Å². The number of rotatable bonds is 5. The van der Waals surface area contributed by atoms with Gasteiger partial charge in [-0.15, -0.1) is 0 Å². The topological polar surface area (TPSA) is 8.17 Å². The predicted molar refractivity (Wildman–Crippen MR) is 266 cm³/mol. The van der Waals surface area contributed by atoms with Gasteiger partial charge < -0.3 is 9.47 Å². The van der Waals surface area contributed by atoms with Crippen LogP contribution in [-0.2, 0) is 0 Å². The maximum absolute atomic E-state index is 2.45. The lowest BCUT2D eigenvalue weighted by Gasteiger charge is -2.27. The molecule has 1 heterocycles. The molecule has 0 aliphatic rings. The fraction of sp³-hybridized carbons (Fsp3) is 0. The van der Waals surface area contributed by atoms with Crippen molar-refractivity contribution in [3.05, 3.63) is 231 Å². The van der Waals surface area contributed by atoms with Crippen molar-refractivity contribution in [3.8, 4) is 16.8 Å². The first-order valence-electron chi connectivity index (χ1n) is 21.4. The van der Waals surface area contributed by atoms with Gasteiger partial charge >= 0.3 is 0 Å². The van der Waals surface area contributed by atoms with Crippen LogP contribution in [0.1, 0.15) is 0 Å². The van der Waals surface area contributed by atoms with Gasteiger partial charge in [0, 0.05) is 33.5 Å². The second-order valence-corrected chi connectivity index (χ2v) is 16.4.